The zero-order valence-electron chi connectivity index (χ0n) is 13.5. The maximum atomic E-state index is 2.43. The molecule has 1 spiro atoms. The average Bonchev–Trinajstić information content (AvgIpc) is 3.02. The molecule has 1 atom stereocenters. The van der Waals surface area contributed by atoms with E-state index in [1.54, 1.807) is 11.1 Å². The highest BCUT2D eigenvalue weighted by molar-refractivity contribution is 8.18. The van der Waals surface area contributed by atoms with Crippen LogP contribution in [0.1, 0.15) is 21.9 Å². The molecule has 4 heteroatoms. The summed E-state index contributed by atoms with van der Waals surface area (Å²) >= 11 is 8.67. The molecule has 2 saturated heterocycles. The van der Waals surface area contributed by atoms with Crippen LogP contribution in [0.3, 0.4) is 0 Å². The van der Waals surface area contributed by atoms with Crippen molar-refractivity contribution in [1.29, 1.82) is 0 Å². The largest absolute Gasteiger partial charge is 0.150 e. The molecule has 0 amide bonds. The minimum Gasteiger partial charge on any atom is -0.150 e. The maximum Gasteiger partial charge on any atom is 0.0398 e. The molecule has 124 valence electrons. The molecular formula is C20H20S4. The van der Waals surface area contributed by atoms with Crippen molar-refractivity contribution in [1.82, 2.24) is 0 Å². The molecule has 2 fully saturated rings. The summed E-state index contributed by atoms with van der Waals surface area (Å²) in [5, 5.41) is 3.20. The van der Waals surface area contributed by atoms with Crippen LogP contribution < -0.4 is 0 Å². The summed E-state index contributed by atoms with van der Waals surface area (Å²) in [4.78, 5) is 0. The maximum absolute atomic E-state index is 2.43. The Morgan fingerprint density at radius 1 is 0.792 bits per heavy atom. The van der Waals surface area contributed by atoms with E-state index in [2.05, 4.69) is 89.5 Å². The van der Waals surface area contributed by atoms with Gasteiger partial charge in [-0.25, -0.2) is 0 Å². The van der Waals surface area contributed by atoms with Crippen LogP contribution in [0.4, 0.5) is 0 Å². The van der Waals surface area contributed by atoms with Crippen LogP contribution in [-0.4, -0.2) is 27.4 Å². The molecule has 0 radical (unpaired) electrons. The highest BCUT2D eigenvalue weighted by Gasteiger charge is 2.45. The van der Waals surface area contributed by atoms with E-state index < -0.39 is 0 Å². The van der Waals surface area contributed by atoms with E-state index in [0.717, 1.165) is 6.42 Å². The summed E-state index contributed by atoms with van der Waals surface area (Å²) in [6.07, 6.45) is 1.13. The smallest absolute Gasteiger partial charge is 0.0398 e. The SMILES string of the molecule is c1ccc2c(c1)Cc1c-2cccc1C1SCSCC12CSCSC2. The van der Waals surface area contributed by atoms with Crippen molar-refractivity contribution in [2.45, 2.75) is 11.7 Å². The van der Waals surface area contributed by atoms with Gasteiger partial charge >= 0.3 is 0 Å². The minimum absolute atomic E-state index is 0.477. The first-order chi connectivity index (χ1) is 11.9. The summed E-state index contributed by atoms with van der Waals surface area (Å²) < 4.78 is 0. The highest BCUT2D eigenvalue weighted by atomic mass is 32.2. The van der Waals surface area contributed by atoms with Crippen molar-refractivity contribution in [3.05, 3.63) is 59.2 Å². The molecule has 2 heterocycles. The van der Waals surface area contributed by atoms with Gasteiger partial charge in [-0.15, -0.1) is 11.8 Å². The van der Waals surface area contributed by atoms with Crippen molar-refractivity contribution >= 4 is 47.0 Å². The van der Waals surface area contributed by atoms with Crippen molar-refractivity contribution in [3.8, 4) is 11.1 Å². The molecule has 0 nitrogen and oxygen atoms in total. The Kier molecular flexibility index (Phi) is 4.37. The van der Waals surface area contributed by atoms with Gasteiger partial charge in [0.05, 0.1) is 0 Å². The summed E-state index contributed by atoms with van der Waals surface area (Å²) in [5.41, 5.74) is 8.20. The molecule has 0 aromatic heterocycles. The van der Waals surface area contributed by atoms with Crippen LogP contribution in [0.15, 0.2) is 42.5 Å². The fraction of sp³-hybridized carbons (Fsp3) is 0.400. The zero-order valence-corrected chi connectivity index (χ0v) is 16.8. The number of rotatable bonds is 1. The number of hydrogen-bond acceptors (Lipinski definition) is 4. The lowest BCUT2D eigenvalue weighted by Gasteiger charge is -2.46. The Hall–Kier alpha value is -0.160. The quantitative estimate of drug-likeness (QED) is 0.489. The van der Waals surface area contributed by atoms with Gasteiger partial charge in [0.1, 0.15) is 0 Å². The third-order valence-electron chi connectivity index (χ3n) is 5.38. The predicted molar refractivity (Wildman–Crippen MR) is 115 cm³/mol. The lowest BCUT2D eigenvalue weighted by Crippen LogP contribution is -2.40. The molecule has 1 unspecified atom stereocenters. The van der Waals surface area contributed by atoms with E-state index in [1.807, 2.05) is 0 Å². The number of thioether (sulfide) groups is 4. The molecule has 1 aliphatic carbocycles. The van der Waals surface area contributed by atoms with Crippen molar-refractivity contribution < 1.29 is 0 Å². The Bertz CT molecular complexity index is 756. The number of benzene rings is 2. The van der Waals surface area contributed by atoms with Gasteiger partial charge < -0.3 is 0 Å². The molecule has 2 aromatic rings. The van der Waals surface area contributed by atoms with E-state index in [4.69, 9.17) is 0 Å². The number of hydrogen-bond donors (Lipinski definition) is 0. The van der Waals surface area contributed by atoms with Gasteiger partial charge in [0.15, 0.2) is 0 Å². The fourth-order valence-electron chi connectivity index (χ4n) is 4.29. The molecule has 24 heavy (non-hydrogen) atoms. The van der Waals surface area contributed by atoms with Gasteiger partial charge in [0.25, 0.3) is 0 Å². The monoisotopic (exact) mass is 388 g/mol. The van der Waals surface area contributed by atoms with Crippen LogP contribution in [0, 0.1) is 5.41 Å². The van der Waals surface area contributed by atoms with Crippen molar-refractivity contribution in [2.75, 3.05) is 27.4 Å². The Labute approximate surface area is 161 Å². The second-order valence-electron chi connectivity index (χ2n) is 6.90. The first-order valence-electron chi connectivity index (χ1n) is 8.42. The normalized spacial score (nSPS) is 24.6. The average molecular weight is 389 g/mol. The third kappa shape index (κ3) is 2.56. The summed E-state index contributed by atoms with van der Waals surface area (Å²) in [6, 6.07) is 16.1. The van der Waals surface area contributed by atoms with Gasteiger partial charge in [0.2, 0.25) is 0 Å². The molecule has 5 rings (SSSR count). The van der Waals surface area contributed by atoms with Crippen LogP contribution in [-0.2, 0) is 6.42 Å². The standard InChI is InChI=1S/C20H20S4/c1-2-5-15-14(4-1)8-18-16(15)6-3-7-17(18)19-20(11-23-13-24-19)9-21-12-22-10-20/h1-7,19H,8-13H2. The Morgan fingerprint density at radius 3 is 2.42 bits per heavy atom. The van der Waals surface area contributed by atoms with Gasteiger partial charge in [0, 0.05) is 38.1 Å². The highest BCUT2D eigenvalue weighted by Crippen LogP contribution is 2.58. The van der Waals surface area contributed by atoms with Crippen LogP contribution in [0.5, 0.6) is 0 Å². The van der Waals surface area contributed by atoms with Gasteiger partial charge in [-0.2, -0.15) is 35.3 Å². The Balaban J connectivity index is 1.60. The summed E-state index contributed by atoms with van der Waals surface area (Å²) in [6.45, 7) is 0. The molecule has 0 saturated carbocycles. The predicted octanol–water partition coefficient (Wildman–Crippen LogP) is 6.16. The fourth-order valence-corrected chi connectivity index (χ4v) is 10.7. The second-order valence-corrected chi connectivity index (χ2v) is 11.7. The molecule has 2 aliphatic heterocycles. The van der Waals surface area contributed by atoms with Gasteiger partial charge in [-0.1, -0.05) is 42.5 Å². The summed E-state index contributed by atoms with van der Waals surface area (Å²) in [7, 11) is 0. The first-order valence-corrected chi connectivity index (χ1v) is 12.9. The molecule has 2 aromatic carbocycles. The summed E-state index contributed by atoms with van der Waals surface area (Å²) in [5.74, 6) is 4.00. The topological polar surface area (TPSA) is 0 Å². The first kappa shape index (κ1) is 16.0. The third-order valence-corrected chi connectivity index (χ3v) is 11.3. The molecule has 0 bridgehead atoms. The minimum atomic E-state index is 0.477. The van der Waals surface area contributed by atoms with Crippen LogP contribution >= 0.6 is 47.0 Å². The number of fused-ring (bicyclic) bond motifs is 3. The van der Waals surface area contributed by atoms with E-state index in [0.29, 0.717) is 10.7 Å². The molecule has 3 aliphatic rings. The second kappa shape index (κ2) is 6.53. The van der Waals surface area contributed by atoms with E-state index in [-0.39, 0.29) is 0 Å². The van der Waals surface area contributed by atoms with Gasteiger partial charge in [-0.05, 0) is 34.2 Å². The van der Waals surface area contributed by atoms with E-state index >= 15 is 0 Å². The van der Waals surface area contributed by atoms with E-state index in [9.17, 15) is 0 Å². The Morgan fingerprint density at radius 2 is 1.54 bits per heavy atom. The van der Waals surface area contributed by atoms with Gasteiger partial charge in [-0.3, -0.25) is 0 Å². The molecular weight excluding hydrogens is 368 g/mol. The zero-order chi connectivity index (χ0) is 16.0. The molecule has 0 N–H and O–H groups in total. The van der Waals surface area contributed by atoms with Crippen molar-refractivity contribution in [2.24, 2.45) is 5.41 Å². The van der Waals surface area contributed by atoms with E-state index in [1.165, 1.54) is 44.1 Å². The lowest BCUT2D eigenvalue weighted by molar-refractivity contribution is 0.427. The van der Waals surface area contributed by atoms with Crippen molar-refractivity contribution in [3.63, 3.8) is 0 Å². The lowest BCUT2D eigenvalue weighted by atomic mass is 9.83. The van der Waals surface area contributed by atoms with Crippen LogP contribution in [0.2, 0.25) is 0 Å². The van der Waals surface area contributed by atoms with Crippen LogP contribution in [0.25, 0.3) is 11.1 Å².